The Balaban J connectivity index is 1.08. The van der Waals surface area contributed by atoms with Crippen molar-refractivity contribution in [1.29, 1.82) is 0 Å². The lowest BCUT2D eigenvalue weighted by molar-refractivity contribution is 0.475. The predicted octanol–water partition coefficient (Wildman–Crippen LogP) is 16.4. The first-order valence-corrected chi connectivity index (χ1v) is 23.6. The van der Waals surface area contributed by atoms with Gasteiger partial charge in [0.1, 0.15) is 11.6 Å². The van der Waals surface area contributed by atoms with Gasteiger partial charge in [0.15, 0.2) is 0 Å². The van der Waals surface area contributed by atoms with Crippen LogP contribution in [0.1, 0.15) is 76.3 Å². The van der Waals surface area contributed by atoms with E-state index in [0.717, 1.165) is 66.9 Å². The highest BCUT2D eigenvalue weighted by Gasteiger charge is 2.31. The van der Waals surface area contributed by atoms with Gasteiger partial charge in [0.25, 0.3) is 0 Å². The van der Waals surface area contributed by atoms with Gasteiger partial charge in [-0.2, -0.15) is 0 Å². The Morgan fingerprint density at radius 1 is 0.397 bits per heavy atom. The Bertz CT molecular complexity index is 3370. The van der Waals surface area contributed by atoms with Crippen LogP contribution in [0.15, 0.2) is 212 Å². The Kier molecular flexibility index (Phi) is 11.3. The summed E-state index contributed by atoms with van der Waals surface area (Å²) < 4.78 is 2.25. The molecule has 334 valence electrons. The summed E-state index contributed by atoms with van der Waals surface area (Å²) in [6.45, 7) is 15.7. The third-order valence-corrected chi connectivity index (χ3v) is 13.7. The van der Waals surface area contributed by atoms with Crippen LogP contribution in [0.4, 0.5) is 0 Å². The van der Waals surface area contributed by atoms with Crippen LogP contribution < -0.4 is 0 Å². The van der Waals surface area contributed by atoms with E-state index in [1.165, 1.54) is 22.3 Å². The van der Waals surface area contributed by atoms with Crippen LogP contribution in [0.5, 0.6) is 5.75 Å². The van der Waals surface area contributed by atoms with Crippen LogP contribution in [0.2, 0.25) is 0 Å². The van der Waals surface area contributed by atoms with Gasteiger partial charge in [-0.05, 0) is 116 Å². The Labute approximate surface area is 401 Å². The minimum Gasteiger partial charge on any atom is -0.507 e. The fourth-order valence-electron chi connectivity index (χ4n) is 9.64. The highest BCUT2D eigenvalue weighted by molar-refractivity contribution is 5.97. The van der Waals surface area contributed by atoms with Crippen molar-refractivity contribution in [3.8, 4) is 67.5 Å². The van der Waals surface area contributed by atoms with Gasteiger partial charge >= 0.3 is 0 Å². The molecule has 10 rings (SSSR count). The molecule has 2 heterocycles. The highest BCUT2D eigenvalue weighted by atomic mass is 16.3. The number of pyridine rings is 1. The molecule has 0 saturated heterocycles. The van der Waals surface area contributed by atoms with Crippen LogP contribution in [-0.4, -0.2) is 19.6 Å². The first-order valence-electron chi connectivity index (χ1n) is 23.6. The molecule has 0 radical (unpaired) electrons. The quantitative estimate of drug-likeness (QED) is 0.147. The second-order valence-electron chi connectivity index (χ2n) is 20.2. The van der Waals surface area contributed by atoms with E-state index < -0.39 is 0 Å². The Hall–Kier alpha value is -7.82. The number of phenolic OH excluding ortho intramolecular Hbond substituents is 1. The van der Waals surface area contributed by atoms with Crippen LogP contribution in [0, 0.1) is 0 Å². The molecule has 8 aromatic carbocycles. The van der Waals surface area contributed by atoms with Gasteiger partial charge in [-0.25, -0.2) is 4.98 Å². The highest BCUT2D eigenvalue weighted by Crippen LogP contribution is 2.44. The molecule has 1 N–H and O–H groups in total. The molecule has 0 fully saturated rings. The molecule has 0 amide bonds. The third kappa shape index (κ3) is 8.21. The summed E-state index contributed by atoms with van der Waals surface area (Å²) in [4.78, 5) is 10.5. The summed E-state index contributed by atoms with van der Waals surface area (Å²) >= 11 is 0. The minimum absolute atomic E-state index is 0.0639. The maximum absolute atomic E-state index is 11.7. The van der Waals surface area contributed by atoms with Crippen molar-refractivity contribution in [2.24, 2.45) is 0 Å². The summed E-state index contributed by atoms with van der Waals surface area (Å²) in [6.07, 6.45) is 1.91. The smallest absolute Gasteiger partial charge is 0.149 e. The summed E-state index contributed by atoms with van der Waals surface area (Å²) in [5.74, 6) is 0.869. The maximum atomic E-state index is 11.7. The largest absolute Gasteiger partial charge is 0.507 e. The molecule has 2 aromatic heterocycles. The lowest BCUT2D eigenvalue weighted by atomic mass is 9.71. The summed E-state index contributed by atoms with van der Waals surface area (Å²) in [6, 6.07) is 73.1. The molecule has 0 unspecified atom stereocenters. The number of fused-ring (bicyclic) bond motifs is 1. The van der Waals surface area contributed by atoms with Crippen molar-refractivity contribution in [1.82, 2.24) is 14.5 Å². The molecular weight excluding hydrogens is 827 g/mol. The van der Waals surface area contributed by atoms with Crippen molar-refractivity contribution in [3.05, 3.63) is 240 Å². The minimum atomic E-state index is -0.317. The Morgan fingerprint density at radius 2 is 0.941 bits per heavy atom. The fourth-order valence-corrected chi connectivity index (χ4v) is 9.64. The van der Waals surface area contributed by atoms with Crippen molar-refractivity contribution >= 4 is 11.0 Å². The Morgan fingerprint density at radius 3 is 1.59 bits per heavy atom. The summed E-state index contributed by atoms with van der Waals surface area (Å²) in [7, 11) is 0. The zero-order chi connectivity index (χ0) is 47.2. The SMILES string of the molecule is CC(C)(C)c1ccc(O)c(-c2nc3c(-c4cccc(-c5cc(-c6ccc(C(C)(c7ccccc7)c7ccccc7)cc6)ccn5)c4)cccc3n2-c2ccc(C(C)(C)C)cc2-c2ccccc2)c1. The molecule has 68 heavy (non-hydrogen) atoms. The number of rotatable bonds is 9. The normalized spacial score (nSPS) is 12.1. The second kappa shape index (κ2) is 17.4. The van der Waals surface area contributed by atoms with Crippen molar-refractivity contribution < 1.29 is 5.11 Å². The average Bonchev–Trinajstić information content (AvgIpc) is 3.76. The van der Waals surface area contributed by atoms with Gasteiger partial charge in [-0.1, -0.05) is 199 Å². The molecule has 4 heteroatoms. The van der Waals surface area contributed by atoms with Gasteiger partial charge < -0.3 is 5.11 Å². The van der Waals surface area contributed by atoms with Gasteiger partial charge in [0, 0.05) is 28.3 Å². The van der Waals surface area contributed by atoms with Crippen molar-refractivity contribution in [3.63, 3.8) is 0 Å². The molecular formula is C64H57N3O. The number of phenols is 1. The standard InChI is InChI=1S/C64H57N3O/c1-62(2,3)51-33-35-57(54(41-51)44-19-11-8-12-20-44)67-58-28-18-27-53(60(58)66-61(67)55-42-52(63(4,5)6)34-36-59(55)68)46-21-17-22-47(39-46)56-40-45(37-38-65-56)43-29-31-50(32-30-43)64(7,48-23-13-9-14-24-48)49-25-15-10-16-26-49/h8-42,68H,1-7H3. The summed E-state index contributed by atoms with van der Waals surface area (Å²) in [5, 5.41) is 11.7. The van der Waals surface area contributed by atoms with Crippen molar-refractivity contribution in [2.45, 2.75) is 64.7 Å². The first kappa shape index (κ1) is 44.0. The molecule has 0 spiro atoms. The van der Waals surface area contributed by atoms with E-state index in [1.807, 2.05) is 18.3 Å². The number of imidazole rings is 1. The molecule has 0 bridgehead atoms. The molecule has 10 aromatic rings. The van der Waals surface area contributed by atoms with Gasteiger partial charge in [-0.3, -0.25) is 9.55 Å². The van der Waals surface area contributed by atoms with Gasteiger partial charge in [0.05, 0.1) is 28.0 Å². The number of hydrogen-bond donors (Lipinski definition) is 1. The van der Waals surface area contributed by atoms with Crippen LogP contribution in [-0.2, 0) is 16.2 Å². The monoisotopic (exact) mass is 883 g/mol. The maximum Gasteiger partial charge on any atom is 0.149 e. The van der Waals surface area contributed by atoms with Crippen LogP contribution >= 0.6 is 0 Å². The van der Waals surface area contributed by atoms with Gasteiger partial charge in [-0.15, -0.1) is 0 Å². The number of aromatic nitrogens is 3. The lowest BCUT2D eigenvalue weighted by Crippen LogP contribution is -2.25. The van der Waals surface area contributed by atoms with E-state index >= 15 is 0 Å². The molecule has 0 aliphatic carbocycles. The molecule has 0 aliphatic heterocycles. The van der Waals surface area contributed by atoms with Crippen LogP contribution in [0.25, 0.3) is 72.7 Å². The number of aromatic hydroxyl groups is 1. The number of nitrogens with zero attached hydrogens (tertiary/aromatic N) is 3. The lowest BCUT2D eigenvalue weighted by Gasteiger charge is -2.32. The second-order valence-corrected chi connectivity index (χ2v) is 20.2. The van der Waals surface area contributed by atoms with E-state index in [1.54, 1.807) is 0 Å². The van der Waals surface area contributed by atoms with Crippen molar-refractivity contribution in [2.75, 3.05) is 0 Å². The molecule has 0 aliphatic rings. The van der Waals surface area contributed by atoms with E-state index in [0.29, 0.717) is 11.4 Å². The van der Waals surface area contributed by atoms with Crippen LogP contribution in [0.3, 0.4) is 0 Å². The molecule has 0 atom stereocenters. The van der Waals surface area contributed by atoms with E-state index in [2.05, 4.69) is 247 Å². The summed E-state index contributed by atoms with van der Waals surface area (Å²) in [5.41, 5.74) is 17.4. The molecule has 4 nitrogen and oxygen atoms in total. The molecule has 0 saturated carbocycles. The zero-order valence-corrected chi connectivity index (χ0v) is 40.0. The van der Waals surface area contributed by atoms with E-state index in [-0.39, 0.29) is 22.0 Å². The fraction of sp³-hybridized carbons (Fsp3) is 0.156. The third-order valence-electron chi connectivity index (χ3n) is 13.7. The average molecular weight is 884 g/mol. The number of para-hydroxylation sites is 1. The predicted molar refractivity (Wildman–Crippen MR) is 284 cm³/mol. The number of hydrogen-bond acceptors (Lipinski definition) is 3. The van der Waals surface area contributed by atoms with Gasteiger partial charge in [0.2, 0.25) is 0 Å². The van der Waals surface area contributed by atoms with E-state index in [9.17, 15) is 5.11 Å². The topological polar surface area (TPSA) is 50.9 Å². The van der Waals surface area contributed by atoms with E-state index in [4.69, 9.17) is 9.97 Å². The zero-order valence-electron chi connectivity index (χ0n) is 40.0. The first-order chi connectivity index (χ1) is 32.8. The number of benzene rings is 8.